The van der Waals surface area contributed by atoms with Crippen LogP contribution in [0.3, 0.4) is 0 Å². The van der Waals surface area contributed by atoms with Crippen LogP contribution in [0.15, 0.2) is 66.2 Å². The number of nitrogens with zero attached hydrogens (tertiary/aromatic N) is 4. The number of hydrogen-bond acceptors (Lipinski definition) is 5. The molecule has 1 aliphatic rings. The SMILES string of the molecule is CN1CCCN(C(=O)c2cc(-c3csc(Cc4ccccc4)n3)n3ccccc23)CC1.O=C(O)C(F)(F)F. The van der Waals surface area contributed by atoms with Crippen LogP contribution in [0.5, 0.6) is 0 Å². The van der Waals surface area contributed by atoms with Crippen molar-refractivity contribution in [3.63, 3.8) is 0 Å². The second kappa shape index (κ2) is 11.8. The average molecular weight is 545 g/mol. The van der Waals surface area contributed by atoms with Crippen LogP contribution in [0.25, 0.3) is 16.9 Å². The fourth-order valence-corrected chi connectivity index (χ4v) is 5.04. The van der Waals surface area contributed by atoms with Crippen LogP contribution in [-0.4, -0.2) is 75.6 Å². The molecule has 0 aliphatic carbocycles. The molecule has 4 heterocycles. The minimum Gasteiger partial charge on any atom is -0.475 e. The van der Waals surface area contributed by atoms with Crippen LogP contribution in [0.4, 0.5) is 13.2 Å². The van der Waals surface area contributed by atoms with Crippen molar-refractivity contribution in [2.45, 2.75) is 19.0 Å². The van der Waals surface area contributed by atoms with Gasteiger partial charge in [-0.1, -0.05) is 36.4 Å². The van der Waals surface area contributed by atoms with E-state index in [0.29, 0.717) is 0 Å². The van der Waals surface area contributed by atoms with Gasteiger partial charge in [0.1, 0.15) is 0 Å². The Labute approximate surface area is 221 Å². The van der Waals surface area contributed by atoms with Gasteiger partial charge in [0.05, 0.1) is 27.5 Å². The summed E-state index contributed by atoms with van der Waals surface area (Å²) in [4.78, 5) is 31.5. The van der Waals surface area contributed by atoms with Gasteiger partial charge in [0, 0.05) is 37.6 Å². The van der Waals surface area contributed by atoms with Gasteiger partial charge in [-0.2, -0.15) is 13.2 Å². The largest absolute Gasteiger partial charge is 0.490 e. The summed E-state index contributed by atoms with van der Waals surface area (Å²) in [6, 6.07) is 18.4. The Morgan fingerprint density at radius 2 is 1.74 bits per heavy atom. The van der Waals surface area contributed by atoms with Crippen LogP contribution in [-0.2, 0) is 11.2 Å². The number of likely N-dealkylation sites (N-methyl/N-ethyl adjacent to an activating group) is 1. The summed E-state index contributed by atoms with van der Waals surface area (Å²) in [5, 5.41) is 10.3. The van der Waals surface area contributed by atoms with E-state index in [-0.39, 0.29) is 5.91 Å². The van der Waals surface area contributed by atoms with E-state index in [9.17, 15) is 18.0 Å². The van der Waals surface area contributed by atoms with Crippen molar-refractivity contribution in [3.8, 4) is 11.4 Å². The smallest absolute Gasteiger partial charge is 0.475 e. The van der Waals surface area contributed by atoms with Crippen molar-refractivity contribution < 1.29 is 27.9 Å². The summed E-state index contributed by atoms with van der Waals surface area (Å²) >= 11 is 1.67. The number of amides is 1. The van der Waals surface area contributed by atoms with Gasteiger partial charge in [-0.25, -0.2) is 9.78 Å². The number of carboxylic acids is 1. The summed E-state index contributed by atoms with van der Waals surface area (Å²) < 4.78 is 33.8. The molecule has 1 amide bonds. The van der Waals surface area contributed by atoms with Gasteiger partial charge in [0.15, 0.2) is 0 Å². The molecule has 1 aliphatic heterocycles. The fourth-order valence-electron chi connectivity index (χ4n) is 4.22. The lowest BCUT2D eigenvalue weighted by Gasteiger charge is -2.20. The number of thiazole rings is 1. The second-order valence-electron chi connectivity index (χ2n) is 8.94. The Bertz CT molecular complexity index is 1400. The van der Waals surface area contributed by atoms with E-state index in [1.807, 2.05) is 41.4 Å². The maximum absolute atomic E-state index is 13.4. The molecule has 5 rings (SSSR count). The number of pyridine rings is 1. The molecule has 1 fully saturated rings. The van der Waals surface area contributed by atoms with E-state index in [4.69, 9.17) is 14.9 Å². The van der Waals surface area contributed by atoms with Gasteiger partial charge in [-0.15, -0.1) is 11.3 Å². The van der Waals surface area contributed by atoms with Crippen molar-refractivity contribution >= 4 is 28.7 Å². The quantitative estimate of drug-likeness (QED) is 0.389. The molecular weight excluding hydrogens is 517 g/mol. The number of aromatic nitrogens is 2. The van der Waals surface area contributed by atoms with E-state index in [1.165, 1.54) is 5.56 Å². The first-order chi connectivity index (χ1) is 18.1. The van der Waals surface area contributed by atoms with Crippen LogP contribution in [0, 0.1) is 0 Å². The summed E-state index contributed by atoms with van der Waals surface area (Å²) in [6.07, 6.45) is -1.23. The fraction of sp³-hybridized carbons (Fsp3) is 0.296. The highest BCUT2D eigenvalue weighted by Crippen LogP contribution is 2.29. The Balaban J connectivity index is 0.000000426. The zero-order valence-electron chi connectivity index (χ0n) is 20.7. The van der Waals surface area contributed by atoms with Crippen LogP contribution >= 0.6 is 11.3 Å². The first-order valence-electron chi connectivity index (χ1n) is 12.0. The van der Waals surface area contributed by atoms with E-state index in [0.717, 1.165) is 66.5 Å². The number of carbonyl (C=O) groups excluding carboxylic acids is 1. The van der Waals surface area contributed by atoms with Crippen molar-refractivity contribution in [1.82, 2.24) is 19.2 Å². The van der Waals surface area contributed by atoms with Gasteiger partial charge in [0.2, 0.25) is 0 Å². The highest BCUT2D eigenvalue weighted by atomic mass is 32.1. The highest BCUT2D eigenvalue weighted by molar-refractivity contribution is 7.10. The molecule has 200 valence electrons. The molecule has 0 radical (unpaired) electrons. The highest BCUT2D eigenvalue weighted by Gasteiger charge is 2.38. The maximum atomic E-state index is 13.4. The van der Waals surface area contributed by atoms with Gasteiger partial charge < -0.3 is 19.3 Å². The molecular formula is C27H27F3N4O3S. The van der Waals surface area contributed by atoms with Gasteiger partial charge in [0.25, 0.3) is 5.91 Å². The maximum Gasteiger partial charge on any atom is 0.490 e. The molecule has 1 N–H and O–H groups in total. The first kappa shape index (κ1) is 27.3. The average Bonchev–Trinajstić information content (AvgIpc) is 3.44. The van der Waals surface area contributed by atoms with Gasteiger partial charge >= 0.3 is 12.1 Å². The number of alkyl halides is 3. The minimum atomic E-state index is -5.08. The normalized spacial score (nSPS) is 14.6. The van der Waals surface area contributed by atoms with Gasteiger partial charge in [-0.05, 0) is 43.8 Å². The van der Waals surface area contributed by atoms with Crippen molar-refractivity contribution in [2.75, 3.05) is 33.2 Å². The van der Waals surface area contributed by atoms with Crippen molar-refractivity contribution in [2.24, 2.45) is 0 Å². The third-order valence-corrected chi connectivity index (χ3v) is 7.02. The molecule has 38 heavy (non-hydrogen) atoms. The molecule has 3 aromatic heterocycles. The predicted molar refractivity (Wildman–Crippen MR) is 139 cm³/mol. The third kappa shape index (κ3) is 6.59. The molecule has 7 nitrogen and oxygen atoms in total. The first-order valence-corrected chi connectivity index (χ1v) is 12.9. The zero-order chi connectivity index (χ0) is 27.3. The molecule has 0 saturated carbocycles. The minimum absolute atomic E-state index is 0.116. The summed E-state index contributed by atoms with van der Waals surface area (Å²) in [5.74, 6) is -2.64. The predicted octanol–water partition coefficient (Wildman–Crippen LogP) is 5.06. The third-order valence-electron chi connectivity index (χ3n) is 6.17. The standard InChI is InChI=1S/C25H26N4OS.C2HF3O2/c1-27-11-7-12-28(15-14-27)25(30)20-17-23(29-13-6-5-10-22(20)29)21-18-31-24(26-21)16-19-8-3-2-4-9-19;3-2(4,5)1(6)7/h2-6,8-10,13,17-18H,7,11-12,14-16H2,1H3;(H,6,7). The lowest BCUT2D eigenvalue weighted by molar-refractivity contribution is -0.192. The Morgan fingerprint density at radius 1 is 1.03 bits per heavy atom. The molecule has 0 spiro atoms. The number of aliphatic carboxylic acids is 1. The summed E-state index contributed by atoms with van der Waals surface area (Å²) in [7, 11) is 2.12. The Hall–Kier alpha value is -3.70. The monoisotopic (exact) mass is 544 g/mol. The van der Waals surface area contributed by atoms with E-state index in [1.54, 1.807) is 11.3 Å². The molecule has 1 aromatic carbocycles. The lowest BCUT2D eigenvalue weighted by atomic mass is 10.2. The van der Waals surface area contributed by atoms with Gasteiger partial charge in [-0.3, -0.25) is 4.79 Å². The molecule has 0 unspecified atom stereocenters. The number of rotatable bonds is 4. The Kier molecular flexibility index (Phi) is 8.48. The number of carbonyl (C=O) groups is 2. The molecule has 0 atom stereocenters. The van der Waals surface area contributed by atoms with Crippen LogP contribution < -0.4 is 0 Å². The number of carboxylic acid groups (broad SMARTS) is 1. The zero-order valence-corrected chi connectivity index (χ0v) is 21.5. The molecule has 11 heteroatoms. The second-order valence-corrected chi connectivity index (χ2v) is 9.88. The molecule has 4 aromatic rings. The van der Waals surface area contributed by atoms with E-state index in [2.05, 4.69) is 46.0 Å². The van der Waals surface area contributed by atoms with E-state index >= 15 is 0 Å². The summed E-state index contributed by atoms with van der Waals surface area (Å²) in [6.45, 7) is 3.53. The summed E-state index contributed by atoms with van der Waals surface area (Å²) in [5.41, 5.74) is 4.86. The van der Waals surface area contributed by atoms with Crippen LogP contribution in [0.2, 0.25) is 0 Å². The lowest BCUT2D eigenvalue weighted by Crippen LogP contribution is -2.34. The van der Waals surface area contributed by atoms with E-state index < -0.39 is 12.1 Å². The number of fused-ring (bicyclic) bond motifs is 1. The van der Waals surface area contributed by atoms with Crippen LogP contribution in [0.1, 0.15) is 27.3 Å². The Morgan fingerprint density at radius 3 is 2.45 bits per heavy atom. The number of hydrogen-bond donors (Lipinski definition) is 1. The van der Waals surface area contributed by atoms with Crippen molar-refractivity contribution in [3.05, 3.63) is 82.3 Å². The van der Waals surface area contributed by atoms with Crippen molar-refractivity contribution in [1.29, 1.82) is 0 Å². The number of halogens is 3. The molecule has 1 saturated heterocycles. The molecule has 0 bridgehead atoms. The number of benzene rings is 1. The topological polar surface area (TPSA) is 78.1 Å².